The summed E-state index contributed by atoms with van der Waals surface area (Å²) in [5, 5.41) is 0. The Hall–Kier alpha value is 0.884. The molecule has 1 atom stereocenters. The lowest BCUT2D eigenvalue weighted by Crippen LogP contribution is -2.57. The van der Waals surface area contributed by atoms with Gasteiger partial charge in [0.25, 0.3) is 20.0 Å². The van der Waals surface area contributed by atoms with Gasteiger partial charge in [-0.05, 0) is 30.2 Å². The van der Waals surface area contributed by atoms with Crippen LogP contribution in [0.5, 0.6) is 0 Å². The van der Waals surface area contributed by atoms with Crippen molar-refractivity contribution in [3.05, 3.63) is 0 Å². The van der Waals surface area contributed by atoms with Crippen molar-refractivity contribution in [2.45, 2.75) is 64.8 Å². The largest absolute Gasteiger partial charge is 0.425 e. The van der Waals surface area contributed by atoms with E-state index < -0.39 is 46.4 Å². The van der Waals surface area contributed by atoms with Crippen molar-refractivity contribution in [3.8, 4) is 0 Å². The van der Waals surface area contributed by atoms with Crippen molar-refractivity contribution >= 4 is 46.4 Å². The summed E-state index contributed by atoms with van der Waals surface area (Å²) in [6.45, 7) is 10.9. The van der Waals surface area contributed by atoms with Gasteiger partial charge in [0.05, 0.1) is 0 Å². The molecule has 0 aromatic rings. The molecule has 0 aliphatic carbocycles. The molecule has 0 radical (unpaired) electrons. The molecular formula is C10H30O5Si5. The van der Waals surface area contributed by atoms with Crippen LogP contribution in [0.2, 0.25) is 30.2 Å². The Morgan fingerprint density at radius 3 is 1.95 bits per heavy atom. The minimum Gasteiger partial charge on any atom is -0.425 e. The Morgan fingerprint density at radius 2 is 1.45 bits per heavy atom. The molecule has 5 nitrogen and oxygen atoms in total. The standard InChI is InChI=1S/C10H30O5Si5/c1-6-18-12-16-11-17-13-19(7-2,8-3)15-20(9-4,10-5)14-18/h18H,6-10,16-17H2,1-5H3. The van der Waals surface area contributed by atoms with Gasteiger partial charge in [0.15, 0.2) is 0 Å². The van der Waals surface area contributed by atoms with Crippen LogP contribution in [0.4, 0.5) is 0 Å². The van der Waals surface area contributed by atoms with Crippen LogP contribution in [0.1, 0.15) is 34.6 Å². The molecule has 1 aliphatic heterocycles. The molecule has 0 N–H and O–H groups in total. The van der Waals surface area contributed by atoms with Crippen LogP contribution in [-0.2, 0) is 20.6 Å². The first kappa shape index (κ1) is 18.9. The third kappa shape index (κ3) is 4.96. The van der Waals surface area contributed by atoms with E-state index in [2.05, 4.69) is 34.6 Å². The second kappa shape index (κ2) is 9.12. The number of hydrogen-bond acceptors (Lipinski definition) is 5. The molecule has 1 fully saturated rings. The molecule has 120 valence electrons. The Bertz CT molecular complexity index is 275. The van der Waals surface area contributed by atoms with Crippen molar-refractivity contribution in [2.24, 2.45) is 0 Å². The molecule has 0 aromatic heterocycles. The molecule has 1 heterocycles. The molecule has 0 spiro atoms. The summed E-state index contributed by atoms with van der Waals surface area (Å²) in [5.74, 6) is 0. The van der Waals surface area contributed by atoms with E-state index in [9.17, 15) is 0 Å². The summed E-state index contributed by atoms with van der Waals surface area (Å²) in [6, 6.07) is 4.93. The highest BCUT2D eigenvalue weighted by atomic mass is 28.5. The van der Waals surface area contributed by atoms with Crippen LogP contribution in [-0.4, -0.2) is 46.4 Å². The maximum Gasteiger partial charge on any atom is 0.319 e. The predicted octanol–water partition coefficient (Wildman–Crippen LogP) is 1.28. The summed E-state index contributed by atoms with van der Waals surface area (Å²) >= 11 is 0. The summed E-state index contributed by atoms with van der Waals surface area (Å²) in [5.41, 5.74) is 0. The van der Waals surface area contributed by atoms with Gasteiger partial charge in [-0.1, -0.05) is 34.6 Å². The number of hydrogen-bond donors (Lipinski definition) is 0. The van der Waals surface area contributed by atoms with E-state index in [0.717, 1.165) is 30.2 Å². The lowest BCUT2D eigenvalue weighted by molar-refractivity contribution is 0.267. The molecule has 20 heavy (non-hydrogen) atoms. The average molecular weight is 371 g/mol. The van der Waals surface area contributed by atoms with Gasteiger partial charge in [-0.2, -0.15) is 0 Å². The Labute approximate surface area is 132 Å². The van der Waals surface area contributed by atoms with Gasteiger partial charge in [0, 0.05) is 0 Å². The lowest BCUT2D eigenvalue weighted by atomic mass is 10.9. The van der Waals surface area contributed by atoms with Crippen molar-refractivity contribution in [1.29, 1.82) is 0 Å². The molecule has 0 bridgehead atoms. The van der Waals surface area contributed by atoms with E-state index in [-0.39, 0.29) is 0 Å². The minimum absolute atomic E-state index is 0.910. The first-order chi connectivity index (χ1) is 9.59. The van der Waals surface area contributed by atoms with Gasteiger partial charge in [-0.25, -0.2) is 0 Å². The summed E-state index contributed by atoms with van der Waals surface area (Å²) in [4.78, 5) is 0. The fourth-order valence-corrected chi connectivity index (χ4v) is 21.2. The van der Waals surface area contributed by atoms with E-state index in [1.165, 1.54) is 0 Å². The maximum absolute atomic E-state index is 6.69. The van der Waals surface area contributed by atoms with Crippen LogP contribution in [0.3, 0.4) is 0 Å². The van der Waals surface area contributed by atoms with Crippen molar-refractivity contribution in [1.82, 2.24) is 0 Å². The van der Waals surface area contributed by atoms with Gasteiger partial charge in [0.1, 0.15) is 0 Å². The van der Waals surface area contributed by atoms with E-state index in [1.54, 1.807) is 0 Å². The second-order valence-electron chi connectivity index (χ2n) is 5.04. The molecule has 0 saturated carbocycles. The highest BCUT2D eigenvalue weighted by Gasteiger charge is 2.46. The zero-order valence-electron chi connectivity index (χ0n) is 13.6. The highest BCUT2D eigenvalue weighted by Crippen LogP contribution is 2.30. The lowest BCUT2D eigenvalue weighted by Gasteiger charge is -2.42. The van der Waals surface area contributed by atoms with Crippen molar-refractivity contribution in [3.63, 3.8) is 0 Å². The fourth-order valence-electron chi connectivity index (χ4n) is 2.33. The maximum atomic E-state index is 6.69. The molecule has 1 unspecified atom stereocenters. The normalized spacial score (nSPS) is 29.6. The summed E-state index contributed by atoms with van der Waals surface area (Å²) in [6.07, 6.45) is 0. The van der Waals surface area contributed by atoms with E-state index in [1.807, 2.05) is 0 Å². The smallest absolute Gasteiger partial charge is 0.319 e. The third-order valence-electron chi connectivity index (χ3n) is 3.95. The Balaban J connectivity index is 2.98. The SMILES string of the molecule is CC[SiH]1O[SiH2]O[SiH2]O[Si](CC)(CC)O[Si](CC)(CC)O1. The topological polar surface area (TPSA) is 46.2 Å². The molecule has 1 aliphatic rings. The van der Waals surface area contributed by atoms with Crippen LogP contribution in [0, 0.1) is 0 Å². The molecule has 1 saturated heterocycles. The molecule has 0 aromatic carbocycles. The van der Waals surface area contributed by atoms with Gasteiger partial charge < -0.3 is 20.6 Å². The predicted molar refractivity (Wildman–Crippen MR) is 93.6 cm³/mol. The van der Waals surface area contributed by atoms with Gasteiger partial charge in [0.2, 0.25) is 0 Å². The quantitative estimate of drug-likeness (QED) is 0.682. The second-order valence-corrected chi connectivity index (χ2v) is 19.5. The molecular weight excluding hydrogens is 341 g/mol. The molecule has 0 amide bonds. The van der Waals surface area contributed by atoms with Gasteiger partial charge >= 0.3 is 26.4 Å². The Kier molecular flexibility index (Phi) is 8.63. The van der Waals surface area contributed by atoms with E-state index in [0.29, 0.717) is 0 Å². The van der Waals surface area contributed by atoms with Crippen LogP contribution >= 0.6 is 0 Å². The van der Waals surface area contributed by atoms with Gasteiger partial charge in [-0.3, -0.25) is 0 Å². The third-order valence-corrected chi connectivity index (χ3v) is 20.6. The zero-order valence-corrected chi connectivity index (χ0v) is 19.6. The Morgan fingerprint density at radius 1 is 0.850 bits per heavy atom. The first-order valence-corrected chi connectivity index (χ1v) is 16.3. The van der Waals surface area contributed by atoms with Crippen LogP contribution in [0.25, 0.3) is 0 Å². The fraction of sp³-hybridized carbons (Fsp3) is 1.00. The summed E-state index contributed by atoms with van der Waals surface area (Å²) in [7, 11) is -7.75. The van der Waals surface area contributed by atoms with Crippen molar-refractivity contribution < 1.29 is 20.6 Å². The van der Waals surface area contributed by atoms with E-state index >= 15 is 0 Å². The minimum atomic E-state index is -2.17. The zero-order chi connectivity index (χ0) is 15.1. The molecule has 1 rings (SSSR count). The van der Waals surface area contributed by atoms with E-state index in [4.69, 9.17) is 20.6 Å². The van der Waals surface area contributed by atoms with Gasteiger partial charge in [-0.15, -0.1) is 0 Å². The summed E-state index contributed by atoms with van der Waals surface area (Å²) < 4.78 is 31.0. The monoisotopic (exact) mass is 370 g/mol. The number of rotatable bonds is 5. The van der Waals surface area contributed by atoms with Crippen LogP contribution < -0.4 is 0 Å². The average Bonchev–Trinajstić information content (AvgIpc) is 2.51. The first-order valence-electron chi connectivity index (χ1n) is 7.80. The molecule has 10 heteroatoms. The van der Waals surface area contributed by atoms with Crippen LogP contribution in [0.15, 0.2) is 0 Å². The van der Waals surface area contributed by atoms with Crippen molar-refractivity contribution in [2.75, 3.05) is 0 Å². The highest BCUT2D eigenvalue weighted by molar-refractivity contribution is 6.85.